The SMILES string of the molecule is Cc1nc(NC(=O)CCc2c(C)[nH]c(=O)[nH]c2=O)sc1C. The summed E-state index contributed by atoms with van der Waals surface area (Å²) in [7, 11) is 0. The van der Waals surface area contributed by atoms with Gasteiger partial charge in [0.2, 0.25) is 5.91 Å². The van der Waals surface area contributed by atoms with Gasteiger partial charge in [0.05, 0.1) is 5.69 Å². The van der Waals surface area contributed by atoms with Crippen molar-refractivity contribution in [2.24, 2.45) is 0 Å². The molecule has 8 heteroatoms. The van der Waals surface area contributed by atoms with Gasteiger partial charge in [-0.2, -0.15) is 0 Å². The number of rotatable bonds is 4. The van der Waals surface area contributed by atoms with E-state index in [9.17, 15) is 14.4 Å². The lowest BCUT2D eigenvalue weighted by molar-refractivity contribution is -0.116. The van der Waals surface area contributed by atoms with Gasteiger partial charge in [-0.3, -0.25) is 14.6 Å². The number of nitrogens with zero attached hydrogens (tertiary/aromatic N) is 1. The number of aromatic amines is 2. The molecule has 1 amide bonds. The zero-order valence-electron chi connectivity index (χ0n) is 12.0. The highest BCUT2D eigenvalue weighted by atomic mass is 32.1. The van der Waals surface area contributed by atoms with E-state index in [1.807, 2.05) is 13.8 Å². The number of carbonyl (C=O) groups excluding carboxylic acids is 1. The van der Waals surface area contributed by atoms with E-state index in [0.717, 1.165) is 10.6 Å². The summed E-state index contributed by atoms with van der Waals surface area (Å²) < 4.78 is 0. The van der Waals surface area contributed by atoms with Crippen LogP contribution in [0.1, 0.15) is 28.2 Å². The first-order valence-corrected chi connectivity index (χ1v) is 7.24. The molecule has 0 atom stereocenters. The minimum absolute atomic E-state index is 0.146. The molecule has 0 aliphatic rings. The van der Waals surface area contributed by atoms with E-state index in [1.165, 1.54) is 11.3 Å². The first-order valence-electron chi connectivity index (χ1n) is 6.42. The number of carbonyl (C=O) groups is 1. The Morgan fingerprint density at radius 3 is 2.52 bits per heavy atom. The van der Waals surface area contributed by atoms with Crippen LogP contribution in [-0.2, 0) is 11.2 Å². The van der Waals surface area contributed by atoms with E-state index < -0.39 is 11.2 Å². The fourth-order valence-corrected chi connectivity index (χ4v) is 2.70. The number of aryl methyl sites for hydroxylation is 3. The van der Waals surface area contributed by atoms with Crippen molar-refractivity contribution in [3.8, 4) is 0 Å². The molecule has 2 heterocycles. The molecule has 112 valence electrons. The average molecular weight is 308 g/mol. The normalized spacial score (nSPS) is 10.6. The molecule has 0 aliphatic carbocycles. The summed E-state index contributed by atoms with van der Waals surface area (Å²) in [6.07, 6.45) is 0.404. The molecule has 0 aliphatic heterocycles. The summed E-state index contributed by atoms with van der Waals surface area (Å²) in [5, 5.41) is 3.27. The van der Waals surface area contributed by atoms with Crippen molar-refractivity contribution < 1.29 is 4.79 Å². The van der Waals surface area contributed by atoms with Crippen LogP contribution in [-0.4, -0.2) is 20.9 Å². The largest absolute Gasteiger partial charge is 0.325 e. The van der Waals surface area contributed by atoms with Crippen LogP contribution >= 0.6 is 11.3 Å². The molecule has 7 nitrogen and oxygen atoms in total. The highest BCUT2D eigenvalue weighted by Gasteiger charge is 2.11. The quantitative estimate of drug-likeness (QED) is 0.783. The summed E-state index contributed by atoms with van der Waals surface area (Å²) in [5.74, 6) is -0.214. The number of thiazole rings is 1. The maximum atomic E-state index is 11.9. The van der Waals surface area contributed by atoms with Gasteiger partial charge in [-0.05, 0) is 27.2 Å². The third-order valence-electron chi connectivity index (χ3n) is 3.13. The fourth-order valence-electron chi connectivity index (χ4n) is 1.87. The van der Waals surface area contributed by atoms with Gasteiger partial charge in [0.25, 0.3) is 5.56 Å². The minimum atomic E-state index is -0.542. The predicted octanol–water partition coefficient (Wildman–Crippen LogP) is 1.02. The highest BCUT2D eigenvalue weighted by Crippen LogP contribution is 2.21. The van der Waals surface area contributed by atoms with Crippen LogP contribution in [0.5, 0.6) is 0 Å². The van der Waals surface area contributed by atoms with E-state index in [1.54, 1.807) is 6.92 Å². The third kappa shape index (κ3) is 3.66. The zero-order chi connectivity index (χ0) is 15.6. The van der Waals surface area contributed by atoms with E-state index >= 15 is 0 Å². The van der Waals surface area contributed by atoms with E-state index in [2.05, 4.69) is 20.3 Å². The second-order valence-corrected chi connectivity index (χ2v) is 5.92. The summed E-state index contributed by atoms with van der Waals surface area (Å²) >= 11 is 1.41. The molecule has 0 saturated carbocycles. The van der Waals surface area contributed by atoms with Gasteiger partial charge in [-0.1, -0.05) is 0 Å². The van der Waals surface area contributed by atoms with Crippen LogP contribution in [0.15, 0.2) is 9.59 Å². The standard InChI is InChI=1S/C13H16N4O3S/c1-6-8(3)21-13(15-6)16-10(18)5-4-9-7(2)14-12(20)17-11(9)19/h4-5H2,1-3H3,(H,15,16,18)(H2,14,17,19,20). The van der Waals surface area contributed by atoms with Crippen molar-refractivity contribution in [2.45, 2.75) is 33.6 Å². The van der Waals surface area contributed by atoms with Crippen molar-refractivity contribution in [3.05, 3.63) is 42.7 Å². The van der Waals surface area contributed by atoms with Crippen LogP contribution in [0.2, 0.25) is 0 Å². The first-order chi connectivity index (χ1) is 9.86. The van der Waals surface area contributed by atoms with Crippen molar-refractivity contribution in [1.82, 2.24) is 15.0 Å². The Kier molecular flexibility index (Phi) is 4.37. The number of amides is 1. The molecule has 2 aromatic heterocycles. The second kappa shape index (κ2) is 6.04. The van der Waals surface area contributed by atoms with Gasteiger partial charge in [0.1, 0.15) is 0 Å². The number of nitrogens with one attached hydrogen (secondary N) is 3. The monoisotopic (exact) mass is 308 g/mol. The van der Waals surface area contributed by atoms with E-state index in [0.29, 0.717) is 16.4 Å². The Hall–Kier alpha value is -2.22. The van der Waals surface area contributed by atoms with Crippen LogP contribution in [0.25, 0.3) is 0 Å². The molecule has 0 spiro atoms. The summed E-state index contributed by atoms with van der Waals surface area (Å²) in [4.78, 5) is 44.6. The molecule has 21 heavy (non-hydrogen) atoms. The topological polar surface area (TPSA) is 108 Å². The minimum Gasteiger partial charge on any atom is -0.311 e. The maximum Gasteiger partial charge on any atom is 0.325 e. The molecule has 0 fully saturated rings. The van der Waals surface area contributed by atoms with Crippen molar-refractivity contribution in [2.75, 3.05) is 5.32 Å². The number of anilines is 1. The Morgan fingerprint density at radius 1 is 1.24 bits per heavy atom. The highest BCUT2D eigenvalue weighted by molar-refractivity contribution is 7.15. The maximum absolute atomic E-state index is 11.9. The lowest BCUT2D eigenvalue weighted by Crippen LogP contribution is -2.27. The smallest absolute Gasteiger partial charge is 0.311 e. The zero-order valence-corrected chi connectivity index (χ0v) is 12.8. The average Bonchev–Trinajstić information content (AvgIpc) is 2.66. The molecule has 0 aromatic carbocycles. The third-order valence-corrected chi connectivity index (χ3v) is 4.12. The van der Waals surface area contributed by atoms with E-state index in [-0.39, 0.29) is 18.7 Å². The molecular formula is C13H16N4O3S. The van der Waals surface area contributed by atoms with Crippen molar-refractivity contribution in [3.63, 3.8) is 0 Å². The van der Waals surface area contributed by atoms with Crippen molar-refractivity contribution in [1.29, 1.82) is 0 Å². The molecule has 2 rings (SSSR count). The molecule has 2 aromatic rings. The Morgan fingerprint density at radius 2 is 1.95 bits per heavy atom. The predicted molar refractivity (Wildman–Crippen MR) is 81.0 cm³/mol. The molecule has 3 N–H and O–H groups in total. The van der Waals surface area contributed by atoms with Gasteiger partial charge in [-0.15, -0.1) is 11.3 Å². The van der Waals surface area contributed by atoms with Crippen molar-refractivity contribution >= 4 is 22.4 Å². The lowest BCUT2D eigenvalue weighted by Gasteiger charge is -2.04. The summed E-state index contributed by atoms with van der Waals surface area (Å²) in [5.41, 5.74) is 0.793. The number of hydrogen-bond donors (Lipinski definition) is 3. The molecular weight excluding hydrogens is 292 g/mol. The van der Waals surface area contributed by atoms with E-state index in [4.69, 9.17) is 0 Å². The lowest BCUT2D eigenvalue weighted by atomic mass is 10.1. The molecule has 0 saturated heterocycles. The number of hydrogen-bond acceptors (Lipinski definition) is 5. The van der Waals surface area contributed by atoms with Crippen LogP contribution in [0, 0.1) is 20.8 Å². The van der Waals surface area contributed by atoms with Gasteiger partial charge in [-0.25, -0.2) is 9.78 Å². The van der Waals surface area contributed by atoms with Crippen LogP contribution in [0.3, 0.4) is 0 Å². The summed E-state index contributed by atoms with van der Waals surface area (Å²) in [6, 6.07) is 0. The molecule has 0 unspecified atom stereocenters. The number of H-pyrrole nitrogens is 2. The van der Waals surface area contributed by atoms with Gasteiger partial charge >= 0.3 is 5.69 Å². The Balaban J connectivity index is 2.02. The Bertz CT molecular complexity index is 768. The molecule has 0 bridgehead atoms. The second-order valence-electron chi connectivity index (χ2n) is 4.72. The van der Waals surface area contributed by atoms with Gasteiger partial charge in [0, 0.05) is 22.6 Å². The van der Waals surface area contributed by atoms with Crippen LogP contribution in [0.4, 0.5) is 5.13 Å². The molecule has 0 radical (unpaired) electrons. The first kappa shape index (κ1) is 15.2. The Labute approximate surface area is 124 Å². The van der Waals surface area contributed by atoms with Gasteiger partial charge < -0.3 is 10.3 Å². The fraction of sp³-hybridized carbons (Fsp3) is 0.385. The van der Waals surface area contributed by atoms with Gasteiger partial charge in [0.15, 0.2) is 5.13 Å². The van der Waals surface area contributed by atoms with Crippen LogP contribution < -0.4 is 16.6 Å². The number of aromatic nitrogens is 3. The summed E-state index contributed by atoms with van der Waals surface area (Å²) in [6.45, 7) is 5.45.